The molecule has 9 nitrogen and oxygen atoms in total. The van der Waals surface area contributed by atoms with Crippen LogP contribution in [-0.4, -0.2) is 72.1 Å². The van der Waals surface area contributed by atoms with E-state index < -0.39 is 18.1 Å². The van der Waals surface area contributed by atoms with Gasteiger partial charge in [-0.05, 0) is 58.7 Å². The third kappa shape index (κ3) is 4.86. The number of nitrogens with zero attached hydrogens (tertiary/aromatic N) is 2. The Balaban J connectivity index is 1.46. The van der Waals surface area contributed by atoms with Crippen LogP contribution in [0.1, 0.15) is 38.4 Å². The van der Waals surface area contributed by atoms with E-state index in [0.29, 0.717) is 28.2 Å². The van der Waals surface area contributed by atoms with Crippen LogP contribution in [0.4, 0.5) is 5.69 Å². The zero-order valence-electron chi connectivity index (χ0n) is 18.6. The quantitative estimate of drug-likeness (QED) is 0.551. The third-order valence-electron chi connectivity index (χ3n) is 6.02. The smallest absolute Gasteiger partial charge is 0.328 e. The molecule has 11 heteroatoms. The maximum Gasteiger partial charge on any atom is 0.328 e. The number of methoxy groups -OCH3 is 1. The molecule has 0 aliphatic carbocycles. The SMILES string of the molecule is COC(=O)[C@@H]1C[C@@H](O)CN1C(=O)c1ccc(N2CC(NC(=O)c3ccc(Br)s3)CC2=O)cc1C. The molecule has 1 unspecified atom stereocenters. The lowest BCUT2D eigenvalue weighted by Gasteiger charge is -2.24. The summed E-state index contributed by atoms with van der Waals surface area (Å²) in [4.78, 5) is 53.7. The highest BCUT2D eigenvalue weighted by atomic mass is 79.9. The van der Waals surface area contributed by atoms with Gasteiger partial charge in [-0.2, -0.15) is 0 Å². The summed E-state index contributed by atoms with van der Waals surface area (Å²) in [5, 5.41) is 12.9. The summed E-state index contributed by atoms with van der Waals surface area (Å²) >= 11 is 4.66. The maximum atomic E-state index is 13.1. The number of ether oxygens (including phenoxy) is 1. The van der Waals surface area contributed by atoms with Crippen molar-refractivity contribution in [1.29, 1.82) is 0 Å². The summed E-state index contributed by atoms with van der Waals surface area (Å²) < 4.78 is 5.63. The van der Waals surface area contributed by atoms with E-state index in [1.54, 1.807) is 42.2 Å². The Morgan fingerprint density at radius 2 is 1.97 bits per heavy atom. The normalized spacial score (nSPS) is 22.2. The molecule has 0 bridgehead atoms. The summed E-state index contributed by atoms with van der Waals surface area (Å²) in [6.45, 7) is 2.13. The number of anilines is 1. The second kappa shape index (κ2) is 9.85. The number of thiophene rings is 1. The largest absolute Gasteiger partial charge is 0.467 e. The molecule has 3 atom stereocenters. The fraction of sp³-hybridized carbons (Fsp3) is 0.391. The molecule has 0 spiro atoms. The zero-order chi connectivity index (χ0) is 24.6. The number of aryl methyl sites for hydroxylation is 1. The van der Waals surface area contributed by atoms with Crippen molar-refractivity contribution in [3.05, 3.63) is 50.1 Å². The predicted octanol–water partition coefficient (Wildman–Crippen LogP) is 2.10. The van der Waals surface area contributed by atoms with E-state index in [2.05, 4.69) is 21.2 Å². The van der Waals surface area contributed by atoms with Crippen LogP contribution in [0.25, 0.3) is 0 Å². The lowest BCUT2D eigenvalue weighted by atomic mass is 10.1. The summed E-state index contributed by atoms with van der Waals surface area (Å²) in [5.74, 6) is -1.29. The average Bonchev–Trinajstić information content (AvgIpc) is 3.51. The lowest BCUT2D eigenvalue weighted by molar-refractivity contribution is -0.145. The number of amides is 3. The standard InChI is InChI=1S/C23H24BrN3O6S/c1-12-7-14(3-4-16(12)22(31)27-11-15(28)9-17(27)23(32)33-2)26-10-13(8-20(26)29)25-21(30)18-5-6-19(24)34-18/h3-7,13,15,17,28H,8-11H2,1-2H3,(H,25,30)/t13?,15-,17+/m1/s1. The van der Waals surface area contributed by atoms with Crippen molar-refractivity contribution in [1.82, 2.24) is 10.2 Å². The van der Waals surface area contributed by atoms with E-state index in [1.807, 2.05) is 0 Å². The van der Waals surface area contributed by atoms with E-state index in [9.17, 15) is 24.3 Å². The Morgan fingerprint density at radius 1 is 1.21 bits per heavy atom. The summed E-state index contributed by atoms with van der Waals surface area (Å²) in [6, 6.07) is 7.41. The highest BCUT2D eigenvalue weighted by molar-refractivity contribution is 9.11. The molecule has 34 heavy (non-hydrogen) atoms. The molecule has 3 amide bonds. The number of β-amino-alcohol motifs (C(OH)–C–C–N with tert-alkyl or cyclic N) is 1. The van der Waals surface area contributed by atoms with Gasteiger partial charge >= 0.3 is 5.97 Å². The van der Waals surface area contributed by atoms with Crippen molar-refractivity contribution in [2.75, 3.05) is 25.1 Å². The molecule has 2 aliphatic rings. The number of aliphatic hydroxyl groups is 1. The number of hydrogen-bond acceptors (Lipinski definition) is 7. The highest BCUT2D eigenvalue weighted by Crippen LogP contribution is 2.28. The lowest BCUT2D eigenvalue weighted by Crippen LogP contribution is -2.41. The number of likely N-dealkylation sites (tertiary alicyclic amines) is 1. The summed E-state index contributed by atoms with van der Waals surface area (Å²) in [6.07, 6.45) is -0.477. The second-order valence-corrected chi connectivity index (χ2v) is 10.8. The molecule has 2 aromatic rings. The summed E-state index contributed by atoms with van der Waals surface area (Å²) in [7, 11) is 1.25. The topological polar surface area (TPSA) is 116 Å². The van der Waals surface area contributed by atoms with Crippen LogP contribution in [0.5, 0.6) is 0 Å². The van der Waals surface area contributed by atoms with Gasteiger partial charge in [0.05, 0.1) is 27.9 Å². The molecular formula is C23H24BrN3O6S. The molecule has 180 valence electrons. The van der Waals surface area contributed by atoms with E-state index >= 15 is 0 Å². The first-order valence-corrected chi connectivity index (χ1v) is 12.3. The molecular weight excluding hydrogens is 526 g/mol. The number of halogens is 1. The van der Waals surface area contributed by atoms with E-state index in [-0.39, 0.29) is 43.1 Å². The predicted molar refractivity (Wildman–Crippen MR) is 129 cm³/mol. The molecule has 2 aliphatic heterocycles. The van der Waals surface area contributed by atoms with Gasteiger partial charge in [0.15, 0.2) is 0 Å². The molecule has 0 radical (unpaired) electrons. The van der Waals surface area contributed by atoms with Crippen LogP contribution < -0.4 is 10.2 Å². The first-order valence-electron chi connectivity index (χ1n) is 10.7. The van der Waals surface area contributed by atoms with E-state index in [0.717, 1.165) is 3.79 Å². The minimum Gasteiger partial charge on any atom is -0.467 e. The first kappa shape index (κ1) is 24.4. The number of esters is 1. The van der Waals surface area contributed by atoms with Crippen LogP contribution >= 0.6 is 27.3 Å². The number of rotatable bonds is 5. The molecule has 1 aromatic carbocycles. The van der Waals surface area contributed by atoms with Gasteiger partial charge in [0.2, 0.25) is 5.91 Å². The molecule has 2 N–H and O–H groups in total. The Kier molecular flexibility index (Phi) is 7.06. The Morgan fingerprint density at radius 3 is 2.62 bits per heavy atom. The number of carbonyl (C=O) groups is 4. The van der Waals surface area contributed by atoms with E-state index in [1.165, 1.54) is 23.3 Å². The maximum absolute atomic E-state index is 13.1. The Hall–Kier alpha value is -2.76. The molecule has 3 heterocycles. The van der Waals surface area contributed by atoms with Crippen molar-refractivity contribution in [3.63, 3.8) is 0 Å². The Bertz CT molecular complexity index is 1150. The van der Waals surface area contributed by atoms with Crippen molar-refractivity contribution in [2.24, 2.45) is 0 Å². The number of hydrogen-bond donors (Lipinski definition) is 2. The van der Waals surface area contributed by atoms with Crippen molar-refractivity contribution < 1.29 is 29.0 Å². The first-order chi connectivity index (χ1) is 16.2. The number of benzene rings is 1. The third-order valence-corrected chi connectivity index (χ3v) is 7.64. The average molecular weight is 550 g/mol. The summed E-state index contributed by atoms with van der Waals surface area (Å²) in [5.41, 5.74) is 1.64. The van der Waals surface area contributed by atoms with Crippen LogP contribution in [0.3, 0.4) is 0 Å². The molecule has 2 fully saturated rings. The molecule has 4 rings (SSSR count). The van der Waals surface area contributed by atoms with Gasteiger partial charge in [-0.3, -0.25) is 14.4 Å². The monoisotopic (exact) mass is 549 g/mol. The van der Waals surface area contributed by atoms with Crippen LogP contribution in [-0.2, 0) is 14.3 Å². The van der Waals surface area contributed by atoms with Crippen LogP contribution in [0.15, 0.2) is 34.1 Å². The molecule has 0 saturated carbocycles. The van der Waals surface area contributed by atoms with Gasteiger partial charge in [0.1, 0.15) is 6.04 Å². The van der Waals surface area contributed by atoms with Crippen LogP contribution in [0, 0.1) is 6.92 Å². The van der Waals surface area contributed by atoms with Crippen molar-refractivity contribution >= 4 is 56.6 Å². The van der Waals surface area contributed by atoms with Crippen molar-refractivity contribution in [3.8, 4) is 0 Å². The zero-order valence-corrected chi connectivity index (χ0v) is 21.0. The molecule has 2 saturated heterocycles. The minimum absolute atomic E-state index is 0.0482. The minimum atomic E-state index is -0.833. The van der Waals surface area contributed by atoms with Gasteiger partial charge in [0.25, 0.3) is 11.8 Å². The van der Waals surface area contributed by atoms with Gasteiger partial charge in [-0.15, -0.1) is 11.3 Å². The van der Waals surface area contributed by atoms with Gasteiger partial charge < -0.3 is 25.0 Å². The van der Waals surface area contributed by atoms with Gasteiger partial charge in [-0.25, -0.2) is 4.79 Å². The molecule has 1 aromatic heterocycles. The fourth-order valence-electron chi connectivity index (χ4n) is 4.35. The van der Waals surface area contributed by atoms with Crippen LogP contribution in [0.2, 0.25) is 0 Å². The van der Waals surface area contributed by atoms with Gasteiger partial charge in [-0.1, -0.05) is 0 Å². The van der Waals surface area contributed by atoms with E-state index in [4.69, 9.17) is 4.74 Å². The number of aliphatic hydroxyl groups excluding tert-OH is 1. The number of nitrogens with one attached hydrogen (secondary N) is 1. The Labute approximate surface area is 208 Å². The van der Waals surface area contributed by atoms with Crippen molar-refractivity contribution in [2.45, 2.75) is 38.0 Å². The second-order valence-electron chi connectivity index (χ2n) is 8.37. The number of carbonyl (C=O) groups excluding carboxylic acids is 4. The fourth-order valence-corrected chi connectivity index (χ4v) is 5.64. The highest BCUT2D eigenvalue weighted by Gasteiger charge is 2.40. The van der Waals surface area contributed by atoms with Gasteiger partial charge in [0, 0.05) is 37.2 Å².